The highest BCUT2D eigenvalue weighted by Crippen LogP contribution is 2.18. The van der Waals surface area contributed by atoms with Gasteiger partial charge >= 0.3 is 0 Å². The summed E-state index contributed by atoms with van der Waals surface area (Å²) in [6.45, 7) is 0.630. The second-order valence-electron chi connectivity index (χ2n) is 3.84. The van der Waals surface area contributed by atoms with Crippen molar-refractivity contribution in [1.29, 1.82) is 0 Å². The van der Waals surface area contributed by atoms with Crippen LogP contribution in [-0.4, -0.2) is 27.1 Å². The third kappa shape index (κ3) is 2.96. The van der Waals surface area contributed by atoms with Crippen molar-refractivity contribution in [3.63, 3.8) is 0 Å². The van der Waals surface area contributed by atoms with Crippen molar-refractivity contribution in [3.8, 4) is 0 Å². The SMILES string of the molecule is COC(CNc1ccc2ccccc2c1)OC. The normalized spacial score (nSPS) is 11.0. The molecule has 0 saturated carbocycles. The summed E-state index contributed by atoms with van der Waals surface area (Å²) in [5, 5.41) is 5.76. The van der Waals surface area contributed by atoms with E-state index in [9.17, 15) is 0 Å². The lowest BCUT2D eigenvalue weighted by Gasteiger charge is -2.15. The molecule has 0 aliphatic rings. The maximum Gasteiger partial charge on any atom is 0.173 e. The van der Waals surface area contributed by atoms with Crippen LogP contribution in [-0.2, 0) is 9.47 Å². The van der Waals surface area contributed by atoms with E-state index in [0.717, 1.165) is 5.69 Å². The van der Waals surface area contributed by atoms with Gasteiger partial charge < -0.3 is 14.8 Å². The van der Waals surface area contributed by atoms with Gasteiger partial charge in [0.05, 0.1) is 6.54 Å². The first-order valence-corrected chi connectivity index (χ1v) is 5.62. The fourth-order valence-corrected chi connectivity index (χ4v) is 1.76. The van der Waals surface area contributed by atoms with Crippen molar-refractivity contribution in [2.45, 2.75) is 6.29 Å². The molecule has 0 radical (unpaired) electrons. The molecular formula is C14H17NO2. The third-order valence-corrected chi connectivity index (χ3v) is 2.75. The standard InChI is InChI=1S/C14H17NO2/c1-16-14(17-2)10-15-13-8-7-11-5-3-4-6-12(11)9-13/h3-9,14-15H,10H2,1-2H3. The van der Waals surface area contributed by atoms with Gasteiger partial charge in [-0.15, -0.1) is 0 Å². The lowest BCUT2D eigenvalue weighted by Crippen LogP contribution is -2.23. The van der Waals surface area contributed by atoms with E-state index >= 15 is 0 Å². The summed E-state index contributed by atoms with van der Waals surface area (Å²) < 4.78 is 10.2. The fraction of sp³-hybridized carbons (Fsp3) is 0.286. The summed E-state index contributed by atoms with van der Waals surface area (Å²) in [5.74, 6) is 0. The van der Waals surface area contributed by atoms with Crippen molar-refractivity contribution in [2.24, 2.45) is 0 Å². The zero-order valence-electron chi connectivity index (χ0n) is 10.1. The summed E-state index contributed by atoms with van der Waals surface area (Å²) in [6, 6.07) is 14.6. The summed E-state index contributed by atoms with van der Waals surface area (Å²) >= 11 is 0. The second-order valence-corrected chi connectivity index (χ2v) is 3.84. The zero-order valence-corrected chi connectivity index (χ0v) is 10.1. The Morgan fingerprint density at radius 3 is 2.41 bits per heavy atom. The van der Waals surface area contributed by atoms with E-state index in [4.69, 9.17) is 9.47 Å². The molecule has 1 N–H and O–H groups in total. The molecule has 3 heteroatoms. The lowest BCUT2D eigenvalue weighted by atomic mass is 10.1. The Morgan fingerprint density at radius 2 is 1.71 bits per heavy atom. The van der Waals surface area contributed by atoms with Crippen LogP contribution in [0.3, 0.4) is 0 Å². The minimum Gasteiger partial charge on any atom is -0.380 e. The summed E-state index contributed by atoms with van der Waals surface area (Å²) in [4.78, 5) is 0. The minimum absolute atomic E-state index is 0.221. The van der Waals surface area contributed by atoms with Crippen molar-refractivity contribution in [3.05, 3.63) is 42.5 Å². The van der Waals surface area contributed by atoms with Gasteiger partial charge in [0.15, 0.2) is 6.29 Å². The highest BCUT2D eigenvalue weighted by molar-refractivity contribution is 5.85. The molecule has 0 fully saturated rings. The number of ether oxygens (including phenoxy) is 2. The van der Waals surface area contributed by atoms with Crippen LogP contribution in [0.1, 0.15) is 0 Å². The van der Waals surface area contributed by atoms with Crippen LogP contribution >= 0.6 is 0 Å². The van der Waals surface area contributed by atoms with Gasteiger partial charge in [-0.1, -0.05) is 30.3 Å². The van der Waals surface area contributed by atoms with Gasteiger partial charge in [-0.25, -0.2) is 0 Å². The molecule has 0 amide bonds. The van der Waals surface area contributed by atoms with Crippen LogP contribution in [0.15, 0.2) is 42.5 Å². The van der Waals surface area contributed by atoms with Gasteiger partial charge in [-0.3, -0.25) is 0 Å². The van der Waals surface area contributed by atoms with Crippen molar-refractivity contribution >= 4 is 16.5 Å². The smallest absolute Gasteiger partial charge is 0.173 e. The van der Waals surface area contributed by atoms with Gasteiger partial charge in [-0.05, 0) is 22.9 Å². The highest BCUT2D eigenvalue weighted by atomic mass is 16.7. The number of methoxy groups -OCH3 is 2. The van der Waals surface area contributed by atoms with E-state index in [1.165, 1.54) is 10.8 Å². The Hall–Kier alpha value is -1.58. The molecule has 3 nitrogen and oxygen atoms in total. The Morgan fingerprint density at radius 1 is 1.00 bits per heavy atom. The molecule has 90 valence electrons. The summed E-state index contributed by atoms with van der Waals surface area (Å²) in [7, 11) is 3.27. The molecule has 0 aliphatic carbocycles. The van der Waals surface area contributed by atoms with Crippen LogP contribution in [0, 0.1) is 0 Å². The maximum atomic E-state index is 5.12. The number of nitrogens with one attached hydrogen (secondary N) is 1. The second kappa shape index (κ2) is 5.66. The van der Waals surface area contributed by atoms with Crippen molar-refractivity contribution < 1.29 is 9.47 Å². The van der Waals surface area contributed by atoms with E-state index in [1.54, 1.807) is 14.2 Å². The van der Waals surface area contributed by atoms with Gasteiger partial charge in [0.1, 0.15) is 0 Å². The van der Waals surface area contributed by atoms with Crippen LogP contribution in [0.2, 0.25) is 0 Å². The summed E-state index contributed by atoms with van der Waals surface area (Å²) in [6.07, 6.45) is -0.221. The molecule has 2 aromatic carbocycles. The van der Waals surface area contributed by atoms with Crippen LogP contribution in [0.5, 0.6) is 0 Å². The van der Waals surface area contributed by atoms with Crippen LogP contribution in [0.4, 0.5) is 5.69 Å². The first-order chi connectivity index (χ1) is 8.33. The van der Waals surface area contributed by atoms with Crippen molar-refractivity contribution in [1.82, 2.24) is 0 Å². The van der Waals surface area contributed by atoms with Gasteiger partial charge in [0.2, 0.25) is 0 Å². The fourth-order valence-electron chi connectivity index (χ4n) is 1.76. The number of benzene rings is 2. The number of hydrogen-bond acceptors (Lipinski definition) is 3. The van der Waals surface area contributed by atoms with Crippen LogP contribution in [0.25, 0.3) is 10.8 Å². The molecule has 0 bridgehead atoms. The average molecular weight is 231 g/mol. The Bertz CT molecular complexity index is 480. The molecule has 0 aromatic heterocycles. The molecular weight excluding hydrogens is 214 g/mol. The Labute approximate surface area is 101 Å². The molecule has 0 atom stereocenters. The predicted molar refractivity (Wildman–Crippen MR) is 70.2 cm³/mol. The number of fused-ring (bicyclic) bond motifs is 1. The monoisotopic (exact) mass is 231 g/mol. The topological polar surface area (TPSA) is 30.5 Å². The van der Waals surface area contributed by atoms with Gasteiger partial charge in [-0.2, -0.15) is 0 Å². The van der Waals surface area contributed by atoms with Gasteiger partial charge in [0.25, 0.3) is 0 Å². The van der Waals surface area contributed by atoms with E-state index in [2.05, 4.69) is 35.6 Å². The van der Waals surface area contributed by atoms with Gasteiger partial charge in [0, 0.05) is 19.9 Å². The molecule has 0 saturated heterocycles. The lowest BCUT2D eigenvalue weighted by molar-refractivity contribution is -0.0914. The molecule has 17 heavy (non-hydrogen) atoms. The van der Waals surface area contributed by atoms with E-state index in [-0.39, 0.29) is 6.29 Å². The van der Waals surface area contributed by atoms with E-state index in [1.807, 2.05) is 12.1 Å². The largest absolute Gasteiger partial charge is 0.380 e. The van der Waals surface area contributed by atoms with Crippen molar-refractivity contribution in [2.75, 3.05) is 26.1 Å². The van der Waals surface area contributed by atoms with E-state index in [0.29, 0.717) is 6.54 Å². The average Bonchev–Trinajstić information content (AvgIpc) is 2.40. The highest BCUT2D eigenvalue weighted by Gasteiger charge is 2.04. The molecule has 0 spiro atoms. The maximum absolute atomic E-state index is 5.12. The predicted octanol–water partition coefficient (Wildman–Crippen LogP) is 2.87. The molecule has 0 heterocycles. The number of hydrogen-bond donors (Lipinski definition) is 1. The first kappa shape index (κ1) is 11.9. The molecule has 2 aromatic rings. The number of anilines is 1. The molecule has 0 unspecified atom stereocenters. The third-order valence-electron chi connectivity index (χ3n) is 2.75. The first-order valence-electron chi connectivity index (χ1n) is 5.62. The Kier molecular flexibility index (Phi) is 3.96. The Balaban J connectivity index is 2.09. The molecule has 2 rings (SSSR count). The number of rotatable bonds is 5. The zero-order chi connectivity index (χ0) is 12.1. The molecule has 0 aliphatic heterocycles. The quantitative estimate of drug-likeness (QED) is 0.803. The summed E-state index contributed by atoms with van der Waals surface area (Å²) in [5.41, 5.74) is 1.07. The minimum atomic E-state index is -0.221. The van der Waals surface area contributed by atoms with Crippen LogP contribution < -0.4 is 5.32 Å². The van der Waals surface area contributed by atoms with E-state index < -0.39 is 0 Å².